The van der Waals surface area contributed by atoms with Crippen LogP contribution in [0.5, 0.6) is 11.5 Å². The van der Waals surface area contributed by atoms with Gasteiger partial charge in [-0.3, -0.25) is 4.79 Å². The Balaban J connectivity index is 1.76. The van der Waals surface area contributed by atoms with Crippen LogP contribution in [0.3, 0.4) is 0 Å². The molecule has 2 aromatic carbocycles. The number of rotatable bonds is 9. The second kappa shape index (κ2) is 10.3. The van der Waals surface area contributed by atoms with E-state index in [1.165, 1.54) is 20.4 Å². The first kappa shape index (κ1) is 19.6. The van der Waals surface area contributed by atoms with Gasteiger partial charge in [0.2, 0.25) is 0 Å². The van der Waals surface area contributed by atoms with Crippen LogP contribution in [-0.2, 0) is 16.1 Å². The molecule has 0 heterocycles. The summed E-state index contributed by atoms with van der Waals surface area (Å²) in [5.74, 6) is 0.702. The molecule has 0 atom stereocenters. The zero-order chi connectivity index (χ0) is 18.8. The summed E-state index contributed by atoms with van der Waals surface area (Å²) < 4.78 is 10.4. The minimum absolute atomic E-state index is 0.160. The van der Waals surface area contributed by atoms with E-state index < -0.39 is 0 Å². The molecule has 0 saturated heterocycles. The molecule has 0 spiro atoms. The second-order valence-corrected chi connectivity index (χ2v) is 5.74. The maximum Gasteiger partial charge on any atom is 0.260 e. The molecule has 0 aliphatic carbocycles. The maximum absolute atomic E-state index is 11.7. The van der Waals surface area contributed by atoms with Gasteiger partial charge in [0.25, 0.3) is 5.91 Å². The molecular weight excluding hydrogens is 356 g/mol. The number of carbonyl (C=O) groups excluding carboxylic acids is 1. The van der Waals surface area contributed by atoms with Crippen LogP contribution in [0.15, 0.2) is 47.6 Å². The summed E-state index contributed by atoms with van der Waals surface area (Å²) in [7, 11) is 3.03. The Morgan fingerprint density at radius 1 is 1.19 bits per heavy atom. The van der Waals surface area contributed by atoms with E-state index in [1.54, 1.807) is 12.1 Å². The van der Waals surface area contributed by atoms with Crippen molar-refractivity contribution in [2.24, 2.45) is 5.16 Å². The summed E-state index contributed by atoms with van der Waals surface area (Å²) in [5.41, 5.74) is 1.83. The average molecular weight is 377 g/mol. The highest BCUT2D eigenvalue weighted by Gasteiger charge is 2.10. The summed E-state index contributed by atoms with van der Waals surface area (Å²) in [6.45, 7) is 0.382. The van der Waals surface area contributed by atoms with E-state index in [2.05, 4.69) is 10.5 Å². The Morgan fingerprint density at radius 2 is 1.96 bits per heavy atom. The molecule has 0 saturated carbocycles. The van der Waals surface area contributed by atoms with E-state index in [9.17, 15) is 4.79 Å². The Morgan fingerprint density at radius 3 is 2.65 bits per heavy atom. The van der Waals surface area contributed by atoms with Crippen LogP contribution in [0.1, 0.15) is 11.1 Å². The molecule has 0 radical (unpaired) electrons. The van der Waals surface area contributed by atoms with Crippen LogP contribution in [-0.4, -0.2) is 39.5 Å². The zero-order valence-corrected chi connectivity index (χ0v) is 15.5. The van der Waals surface area contributed by atoms with Crippen molar-refractivity contribution in [3.05, 3.63) is 58.6 Å². The molecule has 138 valence electrons. The first-order valence-corrected chi connectivity index (χ1v) is 8.39. The number of ether oxygens (including phenoxy) is 2. The first-order valence-electron chi connectivity index (χ1n) is 8.01. The van der Waals surface area contributed by atoms with Gasteiger partial charge in [-0.15, -0.1) is 0 Å². The third-order valence-corrected chi connectivity index (χ3v) is 3.79. The SMILES string of the molecule is COc1cc(/C=N\OCC(=O)NCCc2ccccc2)cc(Cl)c1OC. The molecule has 7 heteroatoms. The summed E-state index contributed by atoms with van der Waals surface area (Å²) >= 11 is 6.11. The molecule has 0 fully saturated rings. The van der Waals surface area contributed by atoms with Crippen LogP contribution in [0.2, 0.25) is 5.02 Å². The van der Waals surface area contributed by atoms with Crippen molar-refractivity contribution in [1.82, 2.24) is 5.32 Å². The standard InChI is InChI=1S/C19H21ClN2O4/c1-24-17-11-15(10-16(20)19(17)25-2)12-22-26-13-18(23)21-9-8-14-6-4-3-5-7-14/h3-7,10-12H,8-9,13H2,1-2H3,(H,21,23)/b22-12-. The predicted octanol–water partition coefficient (Wildman–Crippen LogP) is 3.07. The topological polar surface area (TPSA) is 69.2 Å². The lowest BCUT2D eigenvalue weighted by Gasteiger charge is -2.09. The van der Waals surface area contributed by atoms with Crippen molar-refractivity contribution >= 4 is 23.7 Å². The molecule has 0 aliphatic rings. The molecule has 2 rings (SSSR count). The highest BCUT2D eigenvalue weighted by Crippen LogP contribution is 2.35. The molecule has 1 N–H and O–H groups in total. The lowest BCUT2D eigenvalue weighted by molar-refractivity contribution is -0.125. The van der Waals surface area contributed by atoms with Gasteiger partial charge in [-0.1, -0.05) is 47.1 Å². The van der Waals surface area contributed by atoms with E-state index in [0.29, 0.717) is 28.6 Å². The number of nitrogens with zero attached hydrogens (tertiary/aromatic N) is 1. The smallest absolute Gasteiger partial charge is 0.260 e. The number of halogens is 1. The molecule has 0 aliphatic heterocycles. The van der Waals surface area contributed by atoms with Gasteiger partial charge in [0.05, 0.1) is 25.5 Å². The Kier molecular flexibility index (Phi) is 7.76. The molecular formula is C19H21ClN2O4. The lowest BCUT2D eigenvalue weighted by Crippen LogP contribution is -2.28. The van der Waals surface area contributed by atoms with Gasteiger partial charge in [-0.25, -0.2) is 0 Å². The summed E-state index contributed by atoms with van der Waals surface area (Å²) in [6.07, 6.45) is 2.21. The Hall–Kier alpha value is -2.73. The zero-order valence-electron chi connectivity index (χ0n) is 14.7. The Bertz CT molecular complexity index is 751. The van der Waals surface area contributed by atoms with E-state index in [1.807, 2.05) is 30.3 Å². The number of oxime groups is 1. The molecule has 2 aromatic rings. The molecule has 0 unspecified atom stereocenters. The van der Waals surface area contributed by atoms with Gasteiger partial charge in [-0.2, -0.15) is 0 Å². The van der Waals surface area contributed by atoms with Gasteiger partial charge >= 0.3 is 0 Å². The largest absolute Gasteiger partial charge is 0.493 e. The first-order chi connectivity index (χ1) is 12.6. The number of methoxy groups -OCH3 is 2. The second-order valence-electron chi connectivity index (χ2n) is 5.33. The highest BCUT2D eigenvalue weighted by atomic mass is 35.5. The lowest BCUT2D eigenvalue weighted by atomic mass is 10.1. The van der Waals surface area contributed by atoms with Crippen molar-refractivity contribution in [3.8, 4) is 11.5 Å². The van der Waals surface area contributed by atoms with Gasteiger partial charge in [0, 0.05) is 12.1 Å². The van der Waals surface area contributed by atoms with Crippen LogP contribution < -0.4 is 14.8 Å². The van der Waals surface area contributed by atoms with Crippen LogP contribution in [0, 0.1) is 0 Å². The van der Waals surface area contributed by atoms with Crippen LogP contribution >= 0.6 is 11.6 Å². The van der Waals surface area contributed by atoms with Gasteiger partial charge in [0.15, 0.2) is 18.1 Å². The number of hydrogen-bond acceptors (Lipinski definition) is 5. The van der Waals surface area contributed by atoms with E-state index >= 15 is 0 Å². The normalized spacial score (nSPS) is 10.6. The summed E-state index contributed by atoms with van der Waals surface area (Å²) in [4.78, 5) is 16.7. The van der Waals surface area contributed by atoms with E-state index in [4.69, 9.17) is 25.9 Å². The Labute approximate surface area is 157 Å². The number of amides is 1. The van der Waals surface area contributed by atoms with E-state index in [-0.39, 0.29) is 12.5 Å². The average Bonchev–Trinajstić information content (AvgIpc) is 2.65. The molecule has 26 heavy (non-hydrogen) atoms. The predicted molar refractivity (Wildman–Crippen MR) is 101 cm³/mol. The fraction of sp³-hybridized carbons (Fsp3) is 0.263. The minimum atomic E-state index is -0.233. The third kappa shape index (κ3) is 5.97. The molecule has 6 nitrogen and oxygen atoms in total. The monoisotopic (exact) mass is 376 g/mol. The minimum Gasteiger partial charge on any atom is -0.493 e. The van der Waals surface area contributed by atoms with Crippen LogP contribution in [0.25, 0.3) is 0 Å². The van der Waals surface area contributed by atoms with Gasteiger partial charge in [0.1, 0.15) is 0 Å². The quantitative estimate of drug-likeness (QED) is 0.539. The molecule has 0 bridgehead atoms. The molecule has 0 aromatic heterocycles. The van der Waals surface area contributed by atoms with Crippen molar-refractivity contribution in [3.63, 3.8) is 0 Å². The summed E-state index contributed by atoms with van der Waals surface area (Å²) in [6, 6.07) is 13.3. The highest BCUT2D eigenvalue weighted by molar-refractivity contribution is 6.32. The van der Waals surface area contributed by atoms with Crippen molar-refractivity contribution < 1.29 is 19.1 Å². The number of carbonyl (C=O) groups is 1. The van der Waals surface area contributed by atoms with Crippen molar-refractivity contribution in [2.45, 2.75) is 6.42 Å². The van der Waals surface area contributed by atoms with Gasteiger partial charge < -0.3 is 19.6 Å². The summed E-state index contributed by atoms with van der Waals surface area (Å²) in [5, 5.41) is 6.95. The van der Waals surface area contributed by atoms with Crippen molar-refractivity contribution in [2.75, 3.05) is 27.4 Å². The van der Waals surface area contributed by atoms with Gasteiger partial charge in [-0.05, 0) is 24.1 Å². The fourth-order valence-electron chi connectivity index (χ4n) is 2.25. The van der Waals surface area contributed by atoms with E-state index in [0.717, 1.165) is 12.0 Å². The number of hydrogen-bond donors (Lipinski definition) is 1. The number of benzene rings is 2. The van der Waals surface area contributed by atoms with Crippen LogP contribution in [0.4, 0.5) is 0 Å². The van der Waals surface area contributed by atoms with Crippen molar-refractivity contribution in [1.29, 1.82) is 0 Å². The molecule has 1 amide bonds. The maximum atomic E-state index is 11.7. The third-order valence-electron chi connectivity index (χ3n) is 3.51. The fourth-order valence-corrected chi connectivity index (χ4v) is 2.54. The number of nitrogens with one attached hydrogen (secondary N) is 1.